The van der Waals surface area contributed by atoms with Crippen molar-refractivity contribution in [2.75, 3.05) is 0 Å². The first-order valence-corrected chi connectivity index (χ1v) is 4.74. The van der Waals surface area contributed by atoms with E-state index >= 15 is 0 Å². The van der Waals surface area contributed by atoms with Gasteiger partial charge < -0.3 is 15.3 Å². The van der Waals surface area contributed by atoms with E-state index in [-0.39, 0.29) is 24.0 Å². The van der Waals surface area contributed by atoms with E-state index in [1.165, 1.54) is 12.1 Å². The molecule has 0 bridgehead atoms. The molecule has 1 aromatic carbocycles. The Balaban J connectivity index is 2.85. The topological polar surface area (TPSA) is 94.8 Å². The van der Waals surface area contributed by atoms with Gasteiger partial charge in [-0.25, -0.2) is 4.79 Å². The Morgan fingerprint density at radius 2 is 1.81 bits per heavy atom. The predicted molar refractivity (Wildman–Crippen MR) is 55.2 cm³/mol. The van der Waals surface area contributed by atoms with Crippen LogP contribution in [0.2, 0.25) is 0 Å². The van der Waals surface area contributed by atoms with Gasteiger partial charge in [-0.15, -0.1) is 0 Å². The zero-order valence-corrected chi connectivity index (χ0v) is 8.46. The molecular formula is C11H12O5. The molecule has 5 nitrogen and oxygen atoms in total. The van der Waals surface area contributed by atoms with Crippen molar-refractivity contribution in [3.8, 4) is 0 Å². The fourth-order valence-electron chi connectivity index (χ4n) is 1.40. The largest absolute Gasteiger partial charge is 0.481 e. The van der Waals surface area contributed by atoms with E-state index in [0.717, 1.165) is 0 Å². The molecule has 1 atom stereocenters. The Morgan fingerprint density at radius 1 is 1.19 bits per heavy atom. The Labute approximate surface area is 92.0 Å². The highest BCUT2D eigenvalue weighted by Gasteiger charge is 2.16. The molecule has 0 saturated carbocycles. The van der Waals surface area contributed by atoms with Crippen LogP contribution in [-0.4, -0.2) is 27.3 Å². The van der Waals surface area contributed by atoms with E-state index in [0.29, 0.717) is 0 Å². The summed E-state index contributed by atoms with van der Waals surface area (Å²) in [6, 6.07) is 6.01. The second kappa shape index (κ2) is 5.27. The molecule has 0 aliphatic carbocycles. The van der Waals surface area contributed by atoms with Crippen LogP contribution >= 0.6 is 0 Å². The molecular weight excluding hydrogens is 212 g/mol. The van der Waals surface area contributed by atoms with Crippen LogP contribution in [0.5, 0.6) is 0 Å². The van der Waals surface area contributed by atoms with Gasteiger partial charge in [0.2, 0.25) is 0 Å². The van der Waals surface area contributed by atoms with E-state index in [1.54, 1.807) is 12.1 Å². The van der Waals surface area contributed by atoms with Crippen LogP contribution in [0.3, 0.4) is 0 Å². The lowest BCUT2D eigenvalue weighted by Gasteiger charge is -2.12. The maximum atomic E-state index is 10.8. The third-order valence-electron chi connectivity index (χ3n) is 2.18. The molecule has 0 aromatic heterocycles. The summed E-state index contributed by atoms with van der Waals surface area (Å²) >= 11 is 0. The van der Waals surface area contributed by atoms with Crippen molar-refractivity contribution in [2.24, 2.45) is 0 Å². The summed E-state index contributed by atoms with van der Waals surface area (Å²) in [7, 11) is 0. The number of aliphatic hydroxyl groups is 1. The number of rotatable bonds is 5. The minimum absolute atomic E-state index is 0.000360. The molecule has 5 heteroatoms. The van der Waals surface area contributed by atoms with Crippen LogP contribution in [0.25, 0.3) is 0 Å². The smallest absolute Gasteiger partial charge is 0.336 e. The van der Waals surface area contributed by atoms with Crippen molar-refractivity contribution in [3.63, 3.8) is 0 Å². The molecule has 0 spiro atoms. The van der Waals surface area contributed by atoms with Crippen molar-refractivity contribution in [2.45, 2.75) is 18.9 Å². The van der Waals surface area contributed by atoms with Crippen LogP contribution in [0, 0.1) is 0 Å². The number of carboxylic acid groups (broad SMARTS) is 2. The van der Waals surface area contributed by atoms with E-state index in [1.807, 2.05) is 0 Å². The summed E-state index contributed by atoms with van der Waals surface area (Å²) in [6.45, 7) is 0. The van der Waals surface area contributed by atoms with E-state index in [4.69, 9.17) is 10.2 Å². The predicted octanol–water partition coefficient (Wildman–Crippen LogP) is 1.28. The average molecular weight is 224 g/mol. The lowest BCUT2D eigenvalue weighted by atomic mass is 9.99. The fraction of sp³-hybridized carbons (Fsp3) is 0.273. The third-order valence-corrected chi connectivity index (χ3v) is 2.18. The highest BCUT2D eigenvalue weighted by atomic mass is 16.4. The Kier molecular flexibility index (Phi) is 4.02. The molecule has 0 amide bonds. The van der Waals surface area contributed by atoms with Crippen molar-refractivity contribution in [3.05, 3.63) is 35.4 Å². The Morgan fingerprint density at radius 3 is 2.38 bits per heavy atom. The number of aliphatic hydroxyl groups excluding tert-OH is 1. The zero-order chi connectivity index (χ0) is 12.1. The summed E-state index contributed by atoms with van der Waals surface area (Å²) in [4.78, 5) is 21.2. The molecule has 1 unspecified atom stereocenters. The monoisotopic (exact) mass is 224 g/mol. The molecule has 0 heterocycles. The van der Waals surface area contributed by atoms with Gasteiger partial charge in [0.1, 0.15) is 0 Å². The molecule has 0 aliphatic rings. The van der Waals surface area contributed by atoms with Gasteiger partial charge in [0.15, 0.2) is 0 Å². The maximum absolute atomic E-state index is 10.8. The van der Waals surface area contributed by atoms with Crippen molar-refractivity contribution < 1.29 is 24.9 Å². The molecule has 0 aliphatic heterocycles. The average Bonchev–Trinajstić information content (AvgIpc) is 2.25. The summed E-state index contributed by atoms with van der Waals surface area (Å²) in [5, 5.41) is 27.0. The second-order valence-electron chi connectivity index (χ2n) is 3.34. The normalized spacial score (nSPS) is 12.1. The number of hydrogen-bond donors (Lipinski definition) is 3. The number of hydrogen-bond acceptors (Lipinski definition) is 3. The van der Waals surface area contributed by atoms with Gasteiger partial charge in [-0.2, -0.15) is 0 Å². The summed E-state index contributed by atoms with van der Waals surface area (Å²) in [5.41, 5.74) is 0.247. The summed E-state index contributed by atoms with van der Waals surface area (Å²) < 4.78 is 0. The van der Waals surface area contributed by atoms with E-state index < -0.39 is 18.0 Å². The van der Waals surface area contributed by atoms with Gasteiger partial charge in [-0.3, -0.25) is 4.79 Å². The standard InChI is InChI=1S/C11H12O5/c12-9(5-6-10(13)14)7-3-1-2-4-8(7)11(15)16/h1-4,9,12H,5-6H2,(H,13,14)(H,15,16). The molecule has 1 rings (SSSR count). The first kappa shape index (κ1) is 12.2. The zero-order valence-electron chi connectivity index (χ0n) is 8.46. The lowest BCUT2D eigenvalue weighted by molar-refractivity contribution is -0.137. The highest BCUT2D eigenvalue weighted by Crippen LogP contribution is 2.22. The molecule has 3 N–H and O–H groups in total. The van der Waals surface area contributed by atoms with Gasteiger partial charge >= 0.3 is 11.9 Å². The van der Waals surface area contributed by atoms with Gasteiger partial charge in [-0.1, -0.05) is 18.2 Å². The van der Waals surface area contributed by atoms with Gasteiger partial charge in [0, 0.05) is 6.42 Å². The maximum Gasteiger partial charge on any atom is 0.336 e. The molecule has 86 valence electrons. The number of carboxylic acids is 2. The van der Waals surface area contributed by atoms with Crippen LogP contribution in [-0.2, 0) is 4.79 Å². The van der Waals surface area contributed by atoms with Crippen LogP contribution in [0.4, 0.5) is 0 Å². The van der Waals surface area contributed by atoms with Crippen LogP contribution in [0.15, 0.2) is 24.3 Å². The molecule has 0 saturated heterocycles. The number of aliphatic carboxylic acids is 1. The van der Waals surface area contributed by atoms with Crippen LogP contribution < -0.4 is 0 Å². The van der Waals surface area contributed by atoms with Crippen molar-refractivity contribution >= 4 is 11.9 Å². The Hall–Kier alpha value is -1.88. The van der Waals surface area contributed by atoms with Gasteiger partial charge in [0.05, 0.1) is 11.7 Å². The van der Waals surface area contributed by atoms with E-state index in [9.17, 15) is 14.7 Å². The second-order valence-corrected chi connectivity index (χ2v) is 3.34. The third kappa shape index (κ3) is 3.06. The first-order valence-electron chi connectivity index (χ1n) is 4.74. The SMILES string of the molecule is O=C(O)CCC(O)c1ccccc1C(=O)O. The quantitative estimate of drug-likeness (QED) is 0.700. The van der Waals surface area contributed by atoms with Crippen LogP contribution in [0.1, 0.15) is 34.9 Å². The summed E-state index contributed by atoms with van der Waals surface area (Å²) in [6.07, 6.45) is -1.27. The van der Waals surface area contributed by atoms with Gasteiger partial charge in [-0.05, 0) is 18.1 Å². The number of aromatic carboxylic acids is 1. The van der Waals surface area contributed by atoms with E-state index in [2.05, 4.69) is 0 Å². The first-order chi connectivity index (χ1) is 7.52. The minimum Gasteiger partial charge on any atom is -0.481 e. The minimum atomic E-state index is -1.13. The molecule has 0 radical (unpaired) electrons. The Bertz CT molecular complexity index is 399. The summed E-state index contributed by atoms with van der Waals surface area (Å²) in [5.74, 6) is -2.16. The number of carbonyl (C=O) groups is 2. The van der Waals surface area contributed by atoms with Crippen molar-refractivity contribution in [1.82, 2.24) is 0 Å². The molecule has 0 fully saturated rings. The van der Waals surface area contributed by atoms with Crippen molar-refractivity contribution in [1.29, 1.82) is 0 Å². The molecule has 1 aromatic rings. The fourth-order valence-corrected chi connectivity index (χ4v) is 1.40. The van der Waals surface area contributed by atoms with Gasteiger partial charge in [0.25, 0.3) is 0 Å². The molecule has 16 heavy (non-hydrogen) atoms. The number of benzene rings is 1. The highest BCUT2D eigenvalue weighted by molar-refractivity contribution is 5.89. The lowest BCUT2D eigenvalue weighted by Crippen LogP contribution is -2.08.